The minimum atomic E-state index is 0.841. The zero-order valence-corrected chi connectivity index (χ0v) is 14.4. The Morgan fingerprint density at radius 1 is 1.25 bits per heavy atom. The summed E-state index contributed by atoms with van der Waals surface area (Å²) in [6.07, 6.45) is 8.04. The smallest absolute Gasteiger partial charge is 0.0931 e. The highest BCUT2D eigenvalue weighted by Gasteiger charge is 2.29. The van der Waals surface area contributed by atoms with Gasteiger partial charge in [-0.2, -0.15) is 0 Å². The summed E-state index contributed by atoms with van der Waals surface area (Å²) in [7, 11) is 0. The maximum Gasteiger partial charge on any atom is 0.0931 e. The van der Waals surface area contributed by atoms with Crippen molar-refractivity contribution in [3.63, 3.8) is 0 Å². The summed E-state index contributed by atoms with van der Waals surface area (Å²) >= 11 is 7.84. The minimum absolute atomic E-state index is 0.841. The predicted molar refractivity (Wildman–Crippen MR) is 90.8 cm³/mol. The van der Waals surface area contributed by atoms with Crippen LogP contribution in [-0.2, 0) is 6.42 Å². The van der Waals surface area contributed by atoms with Gasteiger partial charge >= 0.3 is 0 Å². The molecule has 1 aromatic rings. The highest BCUT2D eigenvalue weighted by molar-refractivity contribution is 7.16. The van der Waals surface area contributed by atoms with Gasteiger partial charge in [-0.15, -0.1) is 11.3 Å². The van der Waals surface area contributed by atoms with Crippen LogP contribution in [-0.4, -0.2) is 13.1 Å². The van der Waals surface area contributed by atoms with Crippen molar-refractivity contribution in [2.24, 2.45) is 17.8 Å². The lowest BCUT2D eigenvalue weighted by Crippen LogP contribution is -2.34. The number of halogens is 1. The molecule has 114 valence electrons. The number of hydrogen-bond donors (Lipinski definition) is 1. The molecule has 1 saturated carbocycles. The van der Waals surface area contributed by atoms with Crippen LogP contribution in [0.3, 0.4) is 0 Å². The van der Waals surface area contributed by atoms with E-state index in [0.29, 0.717) is 0 Å². The molecule has 1 N–H and O–H groups in total. The maximum atomic E-state index is 6.08. The number of rotatable bonds is 7. The van der Waals surface area contributed by atoms with Crippen LogP contribution in [0, 0.1) is 17.8 Å². The summed E-state index contributed by atoms with van der Waals surface area (Å²) < 4.78 is 0.934. The third-order valence-corrected chi connectivity index (χ3v) is 6.00. The Balaban J connectivity index is 1.94. The number of thiophene rings is 1. The van der Waals surface area contributed by atoms with Crippen molar-refractivity contribution in [1.82, 2.24) is 5.32 Å². The summed E-state index contributed by atoms with van der Waals surface area (Å²) in [6.45, 7) is 6.95. The van der Waals surface area contributed by atoms with Gasteiger partial charge in [0.2, 0.25) is 0 Å². The average Bonchev–Trinajstić information content (AvgIpc) is 2.86. The molecule has 2 rings (SSSR count). The fourth-order valence-corrected chi connectivity index (χ4v) is 4.68. The molecule has 1 aliphatic rings. The first kappa shape index (κ1) is 16.3. The number of nitrogens with one attached hydrogen (secondary N) is 1. The Morgan fingerprint density at radius 3 is 2.75 bits per heavy atom. The van der Waals surface area contributed by atoms with Crippen LogP contribution in [0.25, 0.3) is 0 Å². The Kier molecular flexibility index (Phi) is 6.86. The molecule has 0 aliphatic heterocycles. The minimum Gasteiger partial charge on any atom is -0.316 e. The summed E-state index contributed by atoms with van der Waals surface area (Å²) in [5, 5.41) is 3.64. The second-order valence-electron chi connectivity index (χ2n) is 6.22. The van der Waals surface area contributed by atoms with E-state index < -0.39 is 0 Å². The van der Waals surface area contributed by atoms with Crippen molar-refractivity contribution in [3.05, 3.63) is 21.3 Å². The Morgan fingerprint density at radius 2 is 2.10 bits per heavy atom. The Bertz CT molecular complexity index is 388. The zero-order chi connectivity index (χ0) is 14.4. The molecule has 3 heteroatoms. The van der Waals surface area contributed by atoms with Crippen molar-refractivity contribution in [2.75, 3.05) is 13.1 Å². The standard InChI is InChI=1S/C17H28ClNS/c1-3-9-19-12-14-6-5-13(4-2)10-15(14)11-16-7-8-17(18)20-16/h7-8,13-15,19H,3-6,9-12H2,1-2H3. The molecular formula is C17H28ClNS. The van der Waals surface area contributed by atoms with Crippen LogP contribution in [0.5, 0.6) is 0 Å². The van der Waals surface area contributed by atoms with Crippen molar-refractivity contribution < 1.29 is 0 Å². The molecule has 3 atom stereocenters. The van der Waals surface area contributed by atoms with E-state index in [4.69, 9.17) is 11.6 Å². The van der Waals surface area contributed by atoms with Crippen LogP contribution in [0.1, 0.15) is 50.8 Å². The zero-order valence-electron chi connectivity index (χ0n) is 12.8. The van der Waals surface area contributed by atoms with Crippen LogP contribution in [0.2, 0.25) is 4.34 Å². The first-order chi connectivity index (χ1) is 9.72. The van der Waals surface area contributed by atoms with Crippen molar-refractivity contribution in [2.45, 2.75) is 52.4 Å². The molecule has 0 saturated heterocycles. The van der Waals surface area contributed by atoms with Crippen LogP contribution in [0.15, 0.2) is 12.1 Å². The summed E-state index contributed by atoms with van der Waals surface area (Å²) in [6, 6.07) is 4.27. The second-order valence-corrected chi connectivity index (χ2v) is 8.02. The third kappa shape index (κ3) is 4.75. The van der Waals surface area contributed by atoms with Gasteiger partial charge in [-0.1, -0.05) is 38.3 Å². The molecule has 0 amide bonds. The van der Waals surface area contributed by atoms with Crippen molar-refractivity contribution in [1.29, 1.82) is 0 Å². The first-order valence-electron chi connectivity index (χ1n) is 8.17. The van der Waals surface area contributed by atoms with Gasteiger partial charge in [0.25, 0.3) is 0 Å². The predicted octanol–water partition coefficient (Wildman–Crippen LogP) is 5.39. The van der Waals surface area contributed by atoms with Gasteiger partial charge in [0.15, 0.2) is 0 Å². The summed E-state index contributed by atoms with van der Waals surface area (Å²) in [5.74, 6) is 2.64. The topological polar surface area (TPSA) is 12.0 Å². The van der Waals surface area contributed by atoms with E-state index in [0.717, 1.165) is 28.6 Å². The highest BCUT2D eigenvalue weighted by atomic mass is 35.5. The van der Waals surface area contributed by atoms with E-state index in [2.05, 4.69) is 25.2 Å². The van der Waals surface area contributed by atoms with E-state index in [1.807, 2.05) is 6.07 Å². The lowest BCUT2D eigenvalue weighted by molar-refractivity contribution is 0.172. The highest BCUT2D eigenvalue weighted by Crippen LogP contribution is 2.38. The molecular weight excluding hydrogens is 286 g/mol. The summed E-state index contributed by atoms with van der Waals surface area (Å²) in [5.41, 5.74) is 0. The second kappa shape index (κ2) is 8.41. The number of hydrogen-bond acceptors (Lipinski definition) is 2. The van der Waals surface area contributed by atoms with Gasteiger partial charge in [-0.05, 0) is 68.7 Å². The lowest BCUT2D eigenvalue weighted by Gasteiger charge is -2.36. The van der Waals surface area contributed by atoms with Gasteiger partial charge in [0, 0.05) is 4.88 Å². The molecule has 3 unspecified atom stereocenters. The molecule has 0 bridgehead atoms. The fourth-order valence-electron chi connectivity index (χ4n) is 3.50. The van der Waals surface area contributed by atoms with E-state index >= 15 is 0 Å². The van der Waals surface area contributed by atoms with E-state index in [1.165, 1.54) is 49.9 Å². The SMILES string of the molecule is CCCNCC1CCC(CC)CC1Cc1ccc(Cl)s1. The largest absolute Gasteiger partial charge is 0.316 e. The van der Waals surface area contributed by atoms with Crippen LogP contribution >= 0.6 is 22.9 Å². The maximum absolute atomic E-state index is 6.08. The van der Waals surface area contributed by atoms with Gasteiger partial charge in [-0.25, -0.2) is 0 Å². The van der Waals surface area contributed by atoms with Gasteiger partial charge in [0.05, 0.1) is 4.34 Å². The molecule has 1 aliphatic carbocycles. The molecule has 1 nitrogen and oxygen atoms in total. The molecule has 1 heterocycles. The Labute approximate surface area is 133 Å². The fraction of sp³-hybridized carbons (Fsp3) is 0.765. The monoisotopic (exact) mass is 313 g/mol. The van der Waals surface area contributed by atoms with E-state index in [9.17, 15) is 0 Å². The quantitative estimate of drug-likeness (QED) is 0.666. The molecule has 0 aromatic carbocycles. The molecule has 20 heavy (non-hydrogen) atoms. The van der Waals surface area contributed by atoms with Gasteiger partial charge in [-0.3, -0.25) is 0 Å². The van der Waals surface area contributed by atoms with Crippen molar-refractivity contribution in [3.8, 4) is 0 Å². The van der Waals surface area contributed by atoms with E-state index in [-0.39, 0.29) is 0 Å². The first-order valence-corrected chi connectivity index (χ1v) is 9.37. The normalized spacial score (nSPS) is 26.9. The molecule has 1 aromatic heterocycles. The van der Waals surface area contributed by atoms with Crippen LogP contribution < -0.4 is 5.32 Å². The molecule has 0 spiro atoms. The van der Waals surface area contributed by atoms with Crippen molar-refractivity contribution >= 4 is 22.9 Å². The van der Waals surface area contributed by atoms with Gasteiger partial charge in [0.1, 0.15) is 0 Å². The molecule has 0 radical (unpaired) electrons. The average molecular weight is 314 g/mol. The molecule has 1 fully saturated rings. The lowest BCUT2D eigenvalue weighted by atomic mass is 9.71. The summed E-state index contributed by atoms with van der Waals surface area (Å²) in [4.78, 5) is 1.47. The third-order valence-electron chi connectivity index (χ3n) is 4.75. The Hall–Kier alpha value is -0.0500. The van der Waals surface area contributed by atoms with Gasteiger partial charge < -0.3 is 5.32 Å². The van der Waals surface area contributed by atoms with E-state index in [1.54, 1.807) is 11.3 Å². The van der Waals surface area contributed by atoms with Crippen LogP contribution in [0.4, 0.5) is 0 Å².